The Kier molecular flexibility index (Phi) is 55.5. The standard InChI is InChI=1S/C58H114O4/c1-3-5-7-9-11-13-15-17-19-21-23-25-27-29-31-33-35-37-39-41-43-45-47-49-51-53-58(60)62-57(55-59)56-61-54-52-50-48-46-44-42-40-38-36-34-32-30-28-26-24-22-20-18-16-14-12-10-8-6-4-2/h21,23,57,59H,3-20,22,24-56H2,1-2H3/b23-21-. The molecule has 0 aromatic carbocycles. The van der Waals surface area contributed by atoms with Gasteiger partial charge < -0.3 is 14.6 Å². The topological polar surface area (TPSA) is 55.8 Å². The summed E-state index contributed by atoms with van der Waals surface area (Å²) in [5.74, 6) is -0.191. The van der Waals surface area contributed by atoms with Gasteiger partial charge in [-0.2, -0.15) is 0 Å². The van der Waals surface area contributed by atoms with Crippen LogP contribution in [0.25, 0.3) is 0 Å². The van der Waals surface area contributed by atoms with Gasteiger partial charge >= 0.3 is 5.97 Å². The van der Waals surface area contributed by atoms with Crippen molar-refractivity contribution in [2.24, 2.45) is 0 Å². The van der Waals surface area contributed by atoms with Crippen LogP contribution in [0, 0.1) is 0 Å². The zero-order chi connectivity index (χ0) is 44.8. The van der Waals surface area contributed by atoms with Crippen molar-refractivity contribution in [1.29, 1.82) is 0 Å². The van der Waals surface area contributed by atoms with E-state index in [1.165, 1.54) is 289 Å². The van der Waals surface area contributed by atoms with Gasteiger partial charge in [-0.15, -0.1) is 0 Å². The first-order valence-corrected chi connectivity index (χ1v) is 28.8. The van der Waals surface area contributed by atoms with Crippen molar-refractivity contribution < 1.29 is 19.4 Å². The van der Waals surface area contributed by atoms with E-state index in [4.69, 9.17) is 9.47 Å². The van der Waals surface area contributed by atoms with Gasteiger partial charge in [-0.3, -0.25) is 4.79 Å². The lowest BCUT2D eigenvalue weighted by Crippen LogP contribution is -2.27. The lowest BCUT2D eigenvalue weighted by Gasteiger charge is -2.16. The van der Waals surface area contributed by atoms with Gasteiger partial charge in [0, 0.05) is 13.0 Å². The fourth-order valence-corrected chi connectivity index (χ4v) is 9.03. The molecular formula is C58H114O4. The molecule has 0 rings (SSSR count). The molecule has 370 valence electrons. The Balaban J connectivity index is 3.33. The molecule has 4 nitrogen and oxygen atoms in total. The van der Waals surface area contributed by atoms with Crippen LogP contribution in [0.2, 0.25) is 0 Å². The molecule has 1 unspecified atom stereocenters. The first-order chi connectivity index (χ1) is 30.7. The van der Waals surface area contributed by atoms with E-state index in [9.17, 15) is 9.90 Å². The Morgan fingerprint density at radius 1 is 0.371 bits per heavy atom. The van der Waals surface area contributed by atoms with Gasteiger partial charge in [0.1, 0.15) is 6.10 Å². The van der Waals surface area contributed by atoms with E-state index >= 15 is 0 Å². The number of unbranched alkanes of at least 4 members (excludes halogenated alkanes) is 45. The summed E-state index contributed by atoms with van der Waals surface area (Å²) in [4.78, 5) is 12.3. The van der Waals surface area contributed by atoms with Crippen molar-refractivity contribution >= 4 is 5.97 Å². The molecule has 1 atom stereocenters. The number of hydrogen-bond donors (Lipinski definition) is 1. The molecule has 0 bridgehead atoms. The van der Waals surface area contributed by atoms with Crippen LogP contribution in [0.15, 0.2) is 12.2 Å². The zero-order valence-corrected chi connectivity index (χ0v) is 42.7. The molecule has 1 N–H and O–H groups in total. The lowest BCUT2D eigenvalue weighted by molar-refractivity contribution is -0.154. The maximum Gasteiger partial charge on any atom is 0.306 e. The second-order valence-corrected chi connectivity index (χ2v) is 19.7. The van der Waals surface area contributed by atoms with Crippen LogP contribution in [0.4, 0.5) is 0 Å². The minimum atomic E-state index is -0.530. The number of ether oxygens (including phenoxy) is 2. The molecule has 4 heteroatoms. The minimum Gasteiger partial charge on any atom is -0.457 e. The Bertz CT molecular complexity index is 841. The quantitative estimate of drug-likeness (QED) is 0.0376. The molecular weight excluding hydrogens is 761 g/mol. The van der Waals surface area contributed by atoms with E-state index in [-0.39, 0.29) is 12.6 Å². The van der Waals surface area contributed by atoms with Gasteiger partial charge in [0.2, 0.25) is 0 Å². The van der Waals surface area contributed by atoms with Gasteiger partial charge in [-0.05, 0) is 38.5 Å². The summed E-state index contributed by atoms with van der Waals surface area (Å²) in [7, 11) is 0. The third kappa shape index (κ3) is 53.5. The van der Waals surface area contributed by atoms with E-state index in [1.54, 1.807) is 0 Å². The van der Waals surface area contributed by atoms with Crippen molar-refractivity contribution in [3.63, 3.8) is 0 Å². The Labute approximate surface area is 390 Å². The average molecular weight is 876 g/mol. The second-order valence-electron chi connectivity index (χ2n) is 19.7. The highest BCUT2D eigenvalue weighted by Crippen LogP contribution is 2.18. The van der Waals surface area contributed by atoms with Crippen LogP contribution < -0.4 is 0 Å². The van der Waals surface area contributed by atoms with Gasteiger partial charge in [-0.25, -0.2) is 0 Å². The van der Waals surface area contributed by atoms with E-state index in [0.717, 1.165) is 19.3 Å². The smallest absolute Gasteiger partial charge is 0.306 e. The van der Waals surface area contributed by atoms with Crippen molar-refractivity contribution in [3.8, 4) is 0 Å². The Hall–Kier alpha value is -0.870. The molecule has 0 aliphatic heterocycles. The monoisotopic (exact) mass is 875 g/mol. The van der Waals surface area contributed by atoms with Crippen molar-refractivity contribution in [1.82, 2.24) is 0 Å². The summed E-state index contributed by atoms with van der Waals surface area (Å²) in [5.41, 5.74) is 0. The van der Waals surface area contributed by atoms with Crippen LogP contribution in [-0.4, -0.2) is 37.0 Å². The predicted octanol–water partition coefficient (Wildman–Crippen LogP) is 19.6. The molecule has 0 aromatic heterocycles. The van der Waals surface area contributed by atoms with Crippen molar-refractivity contribution in [2.45, 2.75) is 335 Å². The molecule has 0 amide bonds. The number of hydrogen-bond acceptors (Lipinski definition) is 4. The largest absolute Gasteiger partial charge is 0.457 e. The molecule has 0 fully saturated rings. The predicted molar refractivity (Wildman–Crippen MR) is 275 cm³/mol. The molecule has 0 radical (unpaired) electrons. The minimum absolute atomic E-state index is 0.164. The number of rotatable bonds is 55. The number of aliphatic hydroxyl groups excluding tert-OH is 1. The Morgan fingerprint density at radius 2 is 0.629 bits per heavy atom. The van der Waals surface area contributed by atoms with E-state index in [2.05, 4.69) is 26.0 Å². The van der Waals surface area contributed by atoms with E-state index in [1.807, 2.05) is 0 Å². The molecule has 0 spiro atoms. The van der Waals surface area contributed by atoms with Gasteiger partial charge in [0.05, 0.1) is 13.2 Å². The Morgan fingerprint density at radius 3 is 0.919 bits per heavy atom. The van der Waals surface area contributed by atoms with Crippen LogP contribution in [0.5, 0.6) is 0 Å². The molecule has 0 saturated heterocycles. The molecule has 0 aliphatic carbocycles. The highest BCUT2D eigenvalue weighted by atomic mass is 16.6. The first-order valence-electron chi connectivity index (χ1n) is 28.8. The molecule has 0 saturated carbocycles. The summed E-state index contributed by atoms with van der Waals surface area (Å²) in [6, 6.07) is 0. The van der Waals surface area contributed by atoms with Crippen molar-refractivity contribution in [2.75, 3.05) is 19.8 Å². The summed E-state index contributed by atoms with van der Waals surface area (Å²) in [6.45, 7) is 5.42. The maximum atomic E-state index is 12.3. The molecule has 0 aliphatic rings. The maximum absolute atomic E-state index is 12.3. The number of esters is 1. The fourth-order valence-electron chi connectivity index (χ4n) is 9.03. The fraction of sp³-hybridized carbons (Fsp3) is 0.948. The van der Waals surface area contributed by atoms with Crippen LogP contribution in [0.1, 0.15) is 328 Å². The number of carbonyl (C=O) groups is 1. The van der Waals surface area contributed by atoms with Crippen LogP contribution in [0.3, 0.4) is 0 Å². The SMILES string of the molecule is CCCCCCCCCC/C=C\CCCCCCCCCCCCCCCC(=O)OC(CO)COCCCCCCCCCCCCCCCCCCCCCCCCCCC. The lowest BCUT2D eigenvalue weighted by atomic mass is 10.0. The third-order valence-corrected chi connectivity index (χ3v) is 13.3. The molecule has 0 heterocycles. The molecule has 0 aromatic rings. The second kappa shape index (κ2) is 56.3. The van der Waals surface area contributed by atoms with Crippen molar-refractivity contribution in [3.05, 3.63) is 12.2 Å². The number of allylic oxidation sites excluding steroid dienone is 2. The van der Waals surface area contributed by atoms with Crippen LogP contribution >= 0.6 is 0 Å². The van der Waals surface area contributed by atoms with Crippen LogP contribution in [-0.2, 0) is 14.3 Å². The van der Waals surface area contributed by atoms with E-state index < -0.39 is 6.10 Å². The third-order valence-electron chi connectivity index (χ3n) is 13.3. The zero-order valence-electron chi connectivity index (χ0n) is 42.7. The van der Waals surface area contributed by atoms with E-state index in [0.29, 0.717) is 19.6 Å². The van der Waals surface area contributed by atoms with Gasteiger partial charge in [0.15, 0.2) is 0 Å². The summed E-state index contributed by atoms with van der Waals surface area (Å²) < 4.78 is 11.3. The molecule has 62 heavy (non-hydrogen) atoms. The summed E-state index contributed by atoms with van der Waals surface area (Å²) in [6.07, 6.45) is 70.5. The van der Waals surface area contributed by atoms with Gasteiger partial charge in [-0.1, -0.05) is 296 Å². The number of aliphatic hydroxyl groups is 1. The highest BCUT2D eigenvalue weighted by molar-refractivity contribution is 5.69. The first kappa shape index (κ1) is 61.1. The average Bonchev–Trinajstić information content (AvgIpc) is 3.28. The summed E-state index contributed by atoms with van der Waals surface area (Å²) >= 11 is 0. The number of carbonyl (C=O) groups excluding carboxylic acids is 1. The normalized spacial score (nSPS) is 12.2. The van der Waals surface area contributed by atoms with Gasteiger partial charge in [0.25, 0.3) is 0 Å². The highest BCUT2D eigenvalue weighted by Gasteiger charge is 2.13. The summed E-state index contributed by atoms with van der Waals surface area (Å²) in [5, 5.41) is 9.68.